The Balaban J connectivity index is 2.00. The van der Waals surface area contributed by atoms with E-state index in [1.54, 1.807) is 6.07 Å². The molecule has 0 heterocycles. The van der Waals surface area contributed by atoms with Gasteiger partial charge >= 0.3 is 0 Å². The molecule has 0 aromatic heterocycles. The lowest BCUT2D eigenvalue weighted by Crippen LogP contribution is -2.42. The summed E-state index contributed by atoms with van der Waals surface area (Å²) in [5.74, 6) is 0.114. The number of carbonyl (C=O) groups excluding carboxylic acids is 1. The molecule has 0 bridgehead atoms. The molecule has 2 N–H and O–H groups in total. The average molecular weight is 407 g/mol. The first-order chi connectivity index (χ1) is 13.2. The summed E-state index contributed by atoms with van der Waals surface area (Å²) in [5, 5.41) is 2.77. The van der Waals surface area contributed by atoms with Crippen molar-refractivity contribution < 1.29 is 22.7 Å². The summed E-state index contributed by atoms with van der Waals surface area (Å²) in [7, 11) is -1.14. The lowest BCUT2D eigenvalue weighted by atomic mass is 9.84. The minimum Gasteiger partial charge on any atom is -0.497 e. The summed E-state index contributed by atoms with van der Waals surface area (Å²) in [4.78, 5) is 12.1. The van der Waals surface area contributed by atoms with Crippen LogP contribution in [0.5, 0.6) is 11.5 Å². The standard InChI is InChI=1S/C20H26N2O5S/c1-20(2,15-8-6-5-7-9-15)14-21-19(23)13-22-28(24,25)18-12-16(26-3)10-11-17(18)27-4/h5-12,22H,13-14H2,1-4H3,(H,21,23). The molecule has 0 fully saturated rings. The minimum absolute atomic E-state index is 0.0910. The molecule has 0 spiro atoms. The fourth-order valence-corrected chi connectivity index (χ4v) is 3.77. The molecule has 0 saturated heterocycles. The summed E-state index contributed by atoms with van der Waals surface area (Å²) in [6, 6.07) is 14.2. The molecule has 0 saturated carbocycles. The van der Waals surface area contributed by atoms with E-state index in [1.807, 2.05) is 44.2 Å². The molecular formula is C20H26N2O5S. The van der Waals surface area contributed by atoms with Crippen LogP contribution in [0.4, 0.5) is 0 Å². The molecule has 7 nitrogen and oxygen atoms in total. The van der Waals surface area contributed by atoms with Gasteiger partial charge in [0, 0.05) is 18.0 Å². The highest BCUT2D eigenvalue weighted by molar-refractivity contribution is 7.89. The van der Waals surface area contributed by atoms with Gasteiger partial charge in [-0.05, 0) is 17.7 Å². The van der Waals surface area contributed by atoms with Gasteiger partial charge in [-0.25, -0.2) is 13.1 Å². The van der Waals surface area contributed by atoms with Gasteiger partial charge in [0.25, 0.3) is 0 Å². The highest BCUT2D eigenvalue weighted by atomic mass is 32.2. The number of ether oxygens (including phenoxy) is 2. The molecule has 2 rings (SSSR count). The zero-order valence-electron chi connectivity index (χ0n) is 16.5. The van der Waals surface area contributed by atoms with Crippen LogP contribution in [-0.4, -0.2) is 41.6 Å². The second-order valence-corrected chi connectivity index (χ2v) is 8.60. The van der Waals surface area contributed by atoms with Crippen molar-refractivity contribution in [2.24, 2.45) is 0 Å². The highest BCUT2D eigenvalue weighted by Crippen LogP contribution is 2.28. The Morgan fingerprint density at radius 2 is 1.71 bits per heavy atom. The number of hydrogen-bond donors (Lipinski definition) is 2. The molecule has 28 heavy (non-hydrogen) atoms. The smallest absolute Gasteiger partial charge is 0.244 e. The molecule has 0 aliphatic heterocycles. The maximum atomic E-state index is 12.6. The average Bonchev–Trinajstić information content (AvgIpc) is 2.71. The van der Waals surface area contributed by atoms with E-state index in [-0.39, 0.29) is 22.6 Å². The van der Waals surface area contributed by atoms with E-state index >= 15 is 0 Å². The Labute approximate surface area is 166 Å². The summed E-state index contributed by atoms with van der Waals surface area (Å²) in [6.07, 6.45) is 0. The Morgan fingerprint density at radius 3 is 2.32 bits per heavy atom. The normalized spacial score (nSPS) is 11.7. The molecule has 0 aliphatic rings. The monoisotopic (exact) mass is 406 g/mol. The van der Waals surface area contributed by atoms with Crippen LogP contribution in [0.1, 0.15) is 19.4 Å². The van der Waals surface area contributed by atoms with Crippen LogP contribution in [0, 0.1) is 0 Å². The summed E-state index contributed by atoms with van der Waals surface area (Å²) in [6.45, 7) is 4.01. The third-order valence-corrected chi connectivity index (χ3v) is 5.79. The Hall–Kier alpha value is -2.58. The van der Waals surface area contributed by atoms with Crippen LogP contribution in [0.25, 0.3) is 0 Å². The molecule has 0 radical (unpaired) electrons. The van der Waals surface area contributed by atoms with Crippen molar-refractivity contribution in [1.82, 2.24) is 10.0 Å². The molecule has 0 atom stereocenters. The summed E-state index contributed by atoms with van der Waals surface area (Å²) < 4.78 is 37.6. The van der Waals surface area contributed by atoms with Crippen LogP contribution in [0.15, 0.2) is 53.4 Å². The van der Waals surface area contributed by atoms with Crippen LogP contribution in [0.2, 0.25) is 0 Å². The number of benzene rings is 2. The second-order valence-electron chi connectivity index (χ2n) is 6.87. The van der Waals surface area contributed by atoms with E-state index in [1.165, 1.54) is 26.4 Å². The maximum Gasteiger partial charge on any atom is 0.244 e. The Kier molecular flexibility index (Phi) is 7.04. The van der Waals surface area contributed by atoms with Crippen molar-refractivity contribution in [3.8, 4) is 11.5 Å². The first-order valence-corrected chi connectivity index (χ1v) is 10.2. The lowest BCUT2D eigenvalue weighted by molar-refractivity contribution is -0.120. The first-order valence-electron chi connectivity index (χ1n) is 8.73. The fourth-order valence-electron chi connectivity index (χ4n) is 2.61. The fraction of sp³-hybridized carbons (Fsp3) is 0.350. The number of nitrogens with one attached hydrogen (secondary N) is 2. The van der Waals surface area contributed by atoms with Crippen LogP contribution < -0.4 is 19.5 Å². The minimum atomic E-state index is -3.95. The van der Waals surface area contributed by atoms with Crippen molar-refractivity contribution in [3.63, 3.8) is 0 Å². The third-order valence-electron chi connectivity index (χ3n) is 4.37. The molecule has 2 aromatic rings. The van der Waals surface area contributed by atoms with E-state index < -0.39 is 15.9 Å². The van der Waals surface area contributed by atoms with Crippen molar-refractivity contribution in [2.75, 3.05) is 27.3 Å². The van der Waals surface area contributed by atoms with Crippen molar-refractivity contribution in [3.05, 3.63) is 54.1 Å². The van der Waals surface area contributed by atoms with Crippen LogP contribution in [0.3, 0.4) is 0 Å². The van der Waals surface area contributed by atoms with Crippen molar-refractivity contribution in [1.29, 1.82) is 0 Å². The second kappa shape index (κ2) is 9.07. The SMILES string of the molecule is COc1ccc(OC)c(S(=O)(=O)NCC(=O)NCC(C)(C)c2ccccc2)c1. The molecule has 1 amide bonds. The number of hydrogen-bond acceptors (Lipinski definition) is 5. The molecule has 152 valence electrons. The van der Waals surface area contributed by atoms with E-state index in [4.69, 9.17) is 9.47 Å². The van der Waals surface area contributed by atoms with Gasteiger partial charge in [-0.15, -0.1) is 0 Å². The largest absolute Gasteiger partial charge is 0.497 e. The third kappa shape index (κ3) is 5.46. The predicted molar refractivity (Wildman–Crippen MR) is 107 cm³/mol. The molecule has 2 aromatic carbocycles. The number of sulfonamides is 1. The molecule has 0 aliphatic carbocycles. The van der Waals surface area contributed by atoms with Crippen molar-refractivity contribution in [2.45, 2.75) is 24.2 Å². The number of carbonyl (C=O) groups is 1. The summed E-state index contributed by atoms with van der Waals surface area (Å²) >= 11 is 0. The van der Waals surface area contributed by atoms with Gasteiger partial charge in [0.15, 0.2) is 0 Å². The lowest BCUT2D eigenvalue weighted by Gasteiger charge is -2.25. The topological polar surface area (TPSA) is 93.7 Å². The Bertz CT molecular complexity index is 911. The molecular weight excluding hydrogens is 380 g/mol. The van der Waals surface area contributed by atoms with E-state index in [2.05, 4.69) is 10.0 Å². The quantitative estimate of drug-likeness (QED) is 0.665. The number of amides is 1. The van der Waals surface area contributed by atoms with Crippen LogP contribution >= 0.6 is 0 Å². The van der Waals surface area contributed by atoms with Gasteiger partial charge in [-0.3, -0.25) is 4.79 Å². The summed E-state index contributed by atoms with van der Waals surface area (Å²) in [5.41, 5.74) is 0.795. The maximum absolute atomic E-state index is 12.6. The van der Waals surface area contributed by atoms with Gasteiger partial charge in [-0.2, -0.15) is 0 Å². The predicted octanol–water partition coefficient (Wildman–Crippen LogP) is 2.08. The van der Waals surface area contributed by atoms with Crippen LogP contribution in [-0.2, 0) is 20.2 Å². The van der Waals surface area contributed by atoms with Gasteiger partial charge in [0.2, 0.25) is 15.9 Å². The highest BCUT2D eigenvalue weighted by Gasteiger charge is 2.23. The Morgan fingerprint density at radius 1 is 1.04 bits per heavy atom. The number of methoxy groups -OCH3 is 2. The number of rotatable bonds is 9. The first kappa shape index (κ1) is 21.7. The van der Waals surface area contributed by atoms with Gasteiger partial charge in [-0.1, -0.05) is 44.2 Å². The van der Waals surface area contributed by atoms with E-state index in [0.717, 1.165) is 5.56 Å². The van der Waals surface area contributed by atoms with Gasteiger partial charge in [0.1, 0.15) is 16.4 Å². The molecule has 0 unspecified atom stereocenters. The molecule has 8 heteroatoms. The zero-order valence-corrected chi connectivity index (χ0v) is 17.3. The van der Waals surface area contributed by atoms with Gasteiger partial charge < -0.3 is 14.8 Å². The van der Waals surface area contributed by atoms with Crippen molar-refractivity contribution >= 4 is 15.9 Å². The van der Waals surface area contributed by atoms with Gasteiger partial charge in [0.05, 0.1) is 20.8 Å². The van der Waals surface area contributed by atoms with E-state index in [9.17, 15) is 13.2 Å². The zero-order chi connectivity index (χ0) is 20.8. The van der Waals surface area contributed by atoms with E-state index in [0.29, 0.717) is 12.3 Å².